The maximum absolute atomic E-state index is 3.97. The van der Waals surface area contributed by atoms with E-state index in [0.717, 1.165) is 5.95 Å². The Morgan fingerprint density at radius 2 is 2.25 bits per heavy atom. The summed E-state index contributed by atoms with van der Waals surface area (Å²) in [4.78, 5) is 5.53. The summed E-state index contributed by atoms with van der Waals surface area (Å²) in [6.07, 6.45) is 0. The molecule has 0 aliphatic heterocycles. The molecule has 1 aromatic rings. The molecule has 0 N–H and O–H groups in total. The van der Waals surface area contributed by atoms with E-state index in [1.165, 1.54) is 0 Å². The monoisotopic (exact) mass is 130 g/mol. The molecule has 0 radical (unpaired) electrons. The summed E-state index contributed by atoms with van der Waals surface area (Å²) in [5, 5.41) is 3.75. The van der Waals surface area contributed by atoms with Crippen molar-refractivity contribution in [1.82, 2.24) is 14.7 Å². The summed E-state index contributed by atoms with van der Waals surface area (Å²) in [6.45, 7) is 0. The van der Waals surface area contributed by atoms with Crippen LogP contribution in [0.1, 0.15) is 0 Å². The quantitative estimate of drug-likeness (QED) is 0.535. The molecule has 0 fully saturated rings. The van der Waals surface area contributed by atoms with E-state index in [4.69, 9.17) is 0 Å². The molecule has 1 unspecified atom stereocenters. The van der Waals surface area contributed by atoms with E-state index in [0.29, 0.717) is 0 Å². The molecule has 0 aliphatic rings. The van der Waals surface area contributed by atoms with Crippen LogP contribution in [-0.2, 0) is 0 Å². The molecule has 1 aromatic heterocycles. The van der Waals surface area contributed by atoms with Crippen molar-refractivity contribution in [2.45, 2.75) is 0 Å². The summed E-state index contributed by atoms with van der Waals surface area (Å²) < 4.78 is 3.97. The third-order valence-corrected chi connectivity index (χ3v) is 1.22. The van der Waals surface area contributed by atoms with Crippen molar-refractivity contribution in [2.75, 3.05) is 19.0 Å². The Morgan fingerprint density at radius 1 is 1.50 bits per heavy atom. The number of aromatic nitrogens is 3. The second kappa shape index (κ2) is 2.09. The molecule has 0 saturated heterocycles. The average Bonchev–Trinajstić information content (AvgIpc) is 2.12. The van der Waals surface area contributed by atoms with Gasteiger partial charge in [-0.05, 0) is 0 Å². The molecule has 5 heteroatoms. The predicted molar refractivity (Wildman–Crippen MR) is 33.7 cm³/mol. The van der Waals surface area contributed by atoms with E-state index < -0.39 is 0 Å². The van der Waals surface area contributed by atoms with E-state index >= 15 is 0 Å². The molecule has 4 nitrogen and oxygen atoms in total. The van der Waals surface area contributed by atoms with Gasteiger partial charge in [-0.25, -0.2) is 0 Å². The largest absolute Gasteiger partial charge is 0.345 e. The van der Waals surface area contributed by atoms with Crippen LogP contribution in [-0.4, -0.2) is 28.8 Å². The highest BCUT2D eigenvalue weighted by molar-refractivity contribution is 7.20. The van der Waals surface area contributed by atoms with Crippen LogP contribution in [0.25, 0.3) is 0 Å². The number of nitrogens with zero attached hydrogens (tertiary/aromatic N) is 4. The highest BCUT2D eigenvalue weighted by atomic mass is 31.1. The van der Waals surface area contributed by atoms with Gasteiger partial charge in [-0.15, -0.1) is 9.96 Å². The minimum Gasteiger partial charge on any atom is -0.345 e. The minimum atomic E-state index is 0.286. The van der Waals surface area contributed by atoms with Crippen LogP contribution in [0.2, 0.25) is 0 Å². The minimum absolute atomic E-state index is 0.286. The molecular formula is C3H7N4P. The van der Waals surface area contributed by atoms with Crippen LogP contribution in [0.4, 0.5) is 5.95 Å². The van der Waals surface area contributed by atoms with Gasteiger partial charge in [-0.3, -0.25) is 0 Å². The first-order valence-electron chi connectivity index (χ1n) is 2.21. The second-order valence-corrected chi connectivity index (χ2v) is 2.23. The molecule has 0 aliphatic carbocycles. The molecule has 0 bridgehead atoms. The lowest BCUT2D eigenvalue weighted by Gasteiger charge is -2.02. The Kier molecular flexibility index (Phi) is 1.44. The van der Waals surface area contributed by atoms with E-state index in [-0.39, 0.29) is 8.51 Å². The Labute approximate surface area is 49.2 Å². The normalized spacial score (nSPS) is 10.2. The van der Waals surface area contributed by atoms with Crippen LogP contribution in [0.3, 0.4) is 0 Å². The van der Waals surface area contributed by atoms with Crippen molar-refractivity contribution in [2.24, 2.45) is 0 Å². The lowest BCUT2D eigenvalue weighted by molar-refractivity contribution is 1.00. The standard InChI is InChI=1S/C3H7N4P/c1-7(2)3-4-6-8-5-3/h8H,1-2H3. The lowest BCUT2D eigenvalue weighted by atomic mass is 10.9. The Bertz CT molecular complexity index is 146. The van der Waals surface area contributed by atoms with Gasteiger partial charge in [0.2, 0.25) is 5.95 Å². The Morgan fingerprint density at radius 3 is 2.50 bits per heavy atom. The van der Waals surface area contributed by atoms with Gasteiger partial charge in [0.05, 0.1) is 8.51 Å². The molecular weight excluding hydrogens is 123 g/mol. The fraction of sp³-hybridized carbons (Fsp3) is 0.667. The van der Waals surface area contributed by atoms with Gasteiger partial charge in [0.15, 0.2) is 0 Å². The van der Waals surface area contributed by atoms with Crippen LogP contribution in [0.15, 0.2) is 0 Å². The molecule has 0 saturated carbocycles. The van der Waals surface area contributed by atoms with Crippen molar-refractivity contribution < 1.29 is 0 Å². The van der Waals surface area contributed by atoms with Gasteiger partial charge in [-0.2, -0.15) is 4.75 Å². The summed E-state index contributed by atoms with van der Waals surface area (Å²) in [5.41, 5.74) is 0. The van der Waals surface area contributed by atoms with Crippen molar-refractivity contribution in [3.05, 3.63) is 0 Å². The lowest BCUT2D eigenvalue weighted by Crippen LogP contribution is -2.09. The second-order valence-electron chi connectivity index (χ2n) is 1.61. The van der Waals surface area contributed by atoms with E-state index in [9.17, 15) is 0 Å². The van der Waals surface area contributed by atoms with E-state index in [1.54, 1.807) is 0 Å². The molecule has 0 spiro atoms. The first-order valence-corrected chi connectivity index (χ1v) is 3.11. The molecule has 0 amide bonds. The SMILES string of the molecule is CN(C)c1nn[pH]n1. The number of hydrogen-bond donors (Lipinski definition) is 0. The summed E-state index contributed by atoms with van der Waals surface area (Å²) in [5.74, 6) is 0.725. The van der Waals surface area contributed by atoms with Gasteiger partial charge in [0.25, 0.3) is 0 Å². The van der Waals surface area contributed by atoms with E-state index in [2.05, 4.69) is 14.7 Å². The fourth-order valence-electron chi connectivity index (χ4n) is 0.346. The third kappa shape index (κ3) is 0.954. The molecule has 1 heterocycles. The zero-order valence-corrected chi connectivity index (χ0v) is 5.79. The maximum atomic E-state index is 3.97. The zero-order chi connectivity index (χ0) is 5.98. The van der Waals surface area contributed by atoms with Crippen LogP contribution < -0.4 is 4.90 Å². The topological polar surface area (TPSA) is 41.9 Å². The Hall–Kier alpha value is -0.630. The predicted octanol–water partition coefficient (Wildman–Crippen LogP) is -0.0311. The molecule has 44 valence electrons. The third-order valence-electron chi connectivity index (χ3n) is 0.734. The molecule has 0 aromatic carbocycles. The zero-order valence-electron chi connectivity index (χ0n) is 4.79. The van der Waals surface area contributed by atoms with Crippen molar-refractivity contribution in [1.29, 1.82) is 0 Å². The first kappa shape index (κ1) is 5.51. The highest BCUT2D eigenvalue weighted by Gasteiger charge is 1.94. The summed E-state index contributed by atoms with van der Waals surface area (Å²) in [6, 6.07) is 0. The number of hydrogen-bond acceptors (Lipinski definition) is 4. The Balaban J connectivity index is 2.77. The van der Waals surface area contributed by atoms with Crippen LogP contribution >= 0.6 is 8.51 Å². The van der Waals surface area contributed by atoms with Gasteiger partial charge >= 0.3 is 0 Å². The molecule has 8 heavy (non-hydrogen) atoms. The van der Waals surface area contributed by atoms with Crippen molar-refractivity contribution >= 4 is 14.5 Å². The average molecular weight is 130 g/mol. The van der Waals surface area contributed by atoms with Crippen molar-refractivity contribution in [3.8, 4) is 0 Å². The molecule has 1 atom stereocenters. The number of anilines is 1. The van der Waals surface area contributed by atoms with Crippen LogP contribution in [0, 0.1) is 0 Å². The smallest absolute Gasteiger partial charge is 0.249 e. The van der Waals surface area contributed by atoms with Gasteiger partial charge in [0.1, 0.15) is 0 Å². The van der Waals surface area contributed by atoms with Gasteiger partial charge < -0.3 is 4.90 Å². The first-order chi connectivity index (χ1) is 3.80. The van der Waals surface area contributed by atoms with Gasteiger partial charge in [-0.1, -0.05) is 0 Å². The molecule has 1 rings (SSSR count). The van der Waals surface area contributed by atoms with E-state index in [1.807, 2.05) is 19.0 Å². The summed E-state index contributed by atoms with van der Waals surface area (Å²) >= 11 is 0. The van der Waals surface area contributed by atoms with Crippen LogP contribution in [0.5, 0.6) is 0 Å². The maximum Gasteiger partial charge on any atom is 0.249 e. The highest BCUT2D eigenvalue weighted by Crippen LogP contribution is 2.02. The van der Waals surface area contributed by atoms with Gasteiger partial charge in [0, 0.05) is 14.1 Å². The summed E-state index contributed by atoms with van der Waals surface area (Å²) in [7, 11) is 4.08. The number of rotatable bonds is 1. The fourth-order valence-corrected chi connectivity index (χ4v) is 0.859. The van der Waals surface area contributed by atoms with Crippen molar-refractivity contribution in [3.63, 3.8) is 0 Å².